The van der Waals surface area contributed by atoms with E-state index in [4.69, 9.17) is 0 Å². The predicted octanol–water partition coefficient (Wildman–Crippen LogP) is 2.06. The molecule has 1 fully saturated rings. The lowest BCUT2D eigenvalue weighted by atomic mass is 10.3. The molecule has 1 aliphatic rings. The SMILES string of the molecule is CCN1CCN(c2ccc(S(=O)(=O)NC)cc2)C1=O.CNS(=O)(=O)c1ccc(I)cc1. The lowest BCUT2D eigenvalue weighted by molar-refractivity contribution is 0.223. The summed E-state index contributed by atoms with van der Waals surface area (Å²) >= 11 is 2.12. The quantitative estimate of drug-likeness (QED) is 0.508. The van der Waals surface area contributed by atoms with Gasteiger partial charge < -0.3 is 4.90 Å². The van der Waals surface area contributed by atoms with Gasteiger partial charge in [0.15, 0.2) is 0 Å². The summed E-state index contributed by atoms with van der Waals surface area (Å²) in [4.78, 5) is 15.9. The molecule has 1 saturated heterocycles. The number of carbonyl (C=O) groups is 1. The first-order chi connectivity index (χ1) is 14.6. The van der Waals surface area contributed by atoms with E-state index in [-0.39, 0.29) is 10.9 Å². The Labute approximate surface area is 197 Å². The van der Waals surface area contributed by atoms with Gasteiger partial charge in [-0.1, -0.05) is 0 Å². The summed E-state index contributed by atoms with van der Waals surface area (Å²) < 4.78 is 51.1. The maximum atomic E-state index is 12.0. The molecule has 1 aliphatic heterocycles. The number of urea groups is 1. The van der Waals surface area contributed by atoms with Crippen LogP contribution in [0.2, 0.25) is 0 Å². The van der Waals surface area contributed by atoms with Crippen molar-refractivity contribution in [2.75, 3.05) is 38.6 Å². The molecule has 170 valence electrons. The molecule has 12 heteroatoms. The molecule has 31 heavy (non-hydrogen) atoms. The number of rotatable bonds is 6. The van der Waals surface area contributed by atoms with Gasteiger partial charge in [-0.15, -0.1) is 0 Å². The van der Waals surface area contributed by atoms with Crippen LogP contribution in [0.25, 0.3) is 0 Å². The normalized spacial score (nSPS) is 14.4. The smallest absolute Gasteiger partial charge is 0.323 e. The first-order valence-corrected chi connectivity index (χ1v) is 13.4. The first-order valence-electron chi connectivity index (χ1n) is 9.35. The Bertz CT molecular complexity index is 1100. The molecule has 2 aromatic carbocycles. The number of anilines is 1. The highest BCUT2D eigenvalue weighted by atomic mass is 127. The van der Waals surface area contributed by atoms with E-state index in [2.05, 4.69) is 32.0 Å². The zero-order chi connectivity index (χ0) is 23.2. The van der Waals surface area contributed by atoms with Crippen LogP contribution < -0.4 is 14.3 Å². The minimum absolute atomic E-state index is 0.0354. The summed E-state index contributed by atoms with van der Waals surface area (Å²) in [5.41, 5.74) is 0.719. The molecule has 0 atom stereocenters. The Morgan fingerprint density at radius 1 is 0.839 bits per heavy atom. The second-order valence-electron chi connectivity index (χ2n) is 6.38. The van der Waals surface area contributed by atoms with Crippen molar-refractivity contribution in [1.82, 2.24) is 14.3 Å². The number of halogens is 1. The molecule has 0 spiro atoms. The van der Waals surface area contributed by atoms with Crippen LogP contribution >= 0.6 is 22.6 Å². The fraction of sp³-hybridized carbons (Fsp3) is 0.316. The van der Waals surface area contributed by atoms with E-state index in [0.717, 1.165) is 9.26 Å². The summed E-state index contributed by atoms with van der Waals surface area (Å²) in [6, 6.07) is 12.9. The van der Waals surface area contributed by atoms with Crippen LogP contribution in [0, 0.1) is 3.57 Å². The van der Waals surface area contributed by atoms with Gasteiger partial charge in [0.25, 0.3) is 0 Å². The van der Waals surface area contributed by atoms with Gasteiger partial charge in [0, 0.05) is 28.9 Å². The van der Waals surface area contributed by atoms with Gasteiger partial charge in [-0.3, -0.25) is 4.90 Å². The van der Waals surface area contributed by atoms with Gasteiger partial charge in [0.05, 0.1) is 9.79 Å². The number of carbonyl (C=O) groups excluding carboxylic acids is 1. The van der Waals surface area contributed by atoms with Crippen LogP contribution in [0.15, 0.2) is 58.3 Å². The molecule has 2 amide bonds. The van der Waals surface area contributed by atoms with Crippen LogP contribution in [0.3, 0.4) is 0 Å². The highest BCUT2D eigenvalue weighted by molar-refractivity contribution is 14.1. The molecule has 0 bridgehead atoms. The van der Waals surface area contributed by atoms with Crippen molar-refractivity contribution in [3.05, 3.63) is 52.1 Å². The molecule has 9 nitrogen and oxygen atoms in total. The van der Waals surface area contributed by atoms with Crippen molar-refractivity contribution < 1.29 is 21.6 Å². The third-order valence-corrected chi connectivity index (χ3v) is 8.18. The van der Waals surface area contributed by atoms with Crippen LogP contribution in [-0.2, 0) is 20.0 Å². The van der Waals surface area contributed by atoms with Crippen LogP contribution in [-0.4, -0.2) is 61.5 Å². The number of benzene rings is 2. The minimum Gasteiger partial charge on any atom is -0.323 e. The zero-order valence-corrected chi connectivity index (χ0v) is 21.2. The van der Waals surface area contributed by atoms with Crippen LogP contribution in [0.4, 0.5) is 10.5 Å². The lowest BCUT2D eigenvalue weighted by Gasteiger charge is -2.17. The lowest BCUT2D eigenvalue weighted by Crippen LogP contribution is -2.31. The standard InChI is InChI=1S/C12H17N3O3S.C7H8INO2S/c1-3-14-8-9-15(12(14)16)10-4-6-11(7-5-10)19(17,18)13-2;1-9-12(10,11)7-4-2-6(8)3-5-7/h4-7,13H,3,8-9H2,1-2H3;2-5,9H,1H3. The topological polar surface area (TPSA) is 116 Å². The fourth-order valence-corrected chi connectivity index (χ4v) is 4.59. The third kappa shape index (κ3) is 6.38. The number of nitrogens with one attached hydrogen (secondary N) is 2. The zero-order valence-electron chi connectivity index (χ0n) is 17.4. The second-order valence-corrected chi connectivity index (χ2v) is 11.4. The van der Waals surface area contributed by atoms with Gasteiger partial charge >= 0.3 is 6.03 Å². The Morgan fingerprint density at radius 3 is 1.68 bits per heavy atom. The minimum atomic E-state index is -3.43. The molecule has 1 heterocycles. The Kier molecular flexibility index (Phi) is 8.83. The summed E-state index contributed by atoms with van der Waals surface area (Å²) in [5, 5.41) is 0. The number of hydrogen-bond acceptors (Lipinski definition) is 5. The van der Waals surface area contributed by atoms with E-state index in [9.17, 15) is 21.6 Å². The molecular weight excluding hydrogens is 555 g/mol. The monoisotopic (exact) mass is 580 g/mol. The Balaban J connectivity index is 0.000000245. The van der Waals surface area contributed by atoms with Crippen LogP contribution in [0.1, 0.15) is 6.92 Å². The Morgan fingerprint density at radius 2 is 1.29 bits per heavy atom. The third-order valence-electron chi connectivity index (χ3n) is 4.60. The van der Waals surface area contributed by atoms with Gasteiger partial charge in [0.1, 0.15) is 0 Å². The maximum Gasteiger partial charge on any atom is 0.324 e. The summed E-state index contributed by atoms with van der Waals surface area (Å²) in [7, 11) is -3.94. The van der Waals surface area contributed by atoms with E-state index < -0.39 is 20.0 Å². The average molecular weight is 580 g/mol. The number of sulfonamides is 2. The second kappa shape index (κ2) is 10.7. The molecule has 2 aromatic rings. The van der Waals surface area contributed by atoms with Crippen molar-refractivity contribution in [3.63, 3.8) is 0 Å². The van der Waals surface area contributed by atoms with Gasteiger partial charge in [-0.25, -0.2) is 31.1 Å². The fourth-order valence-electron chi connectivity index (χ4n) is 2.77. The van der Waals surface area contributed by atoms with Crippen molar-refractivity contribution >= 4 is 54.4 Å². The molecule has 0 aliphatic carbocycles. The van der Waals surface area contributed by atoms with Gasteiger partial charge in [0.2, 0.25) is 20.0 Å². The van der Waals surface area contributed by atoms with Crippen molar-refractivity contribution in [3.8, 4) is 0 Å². The number of hydrogen-bond donors (Lipinski definition) is 2. The molecule has 0 aromatic heterocycles. The van der Waals surface area contributed by atoms with E-state index in [1.807, 2.05) is 6.92 Å². The van der Waals surface area contributed by atoms with Crippen molar-refractivity contribution in [1.29, 1.82) is 0 Å². The molecule has 2 N–H and O–H groups in total. The largest absolute Gasteiger partial charge is 0.324 e. The molecule has 3 rings (SSSR count). The highest BCUT2D eigenvalue weighted by Crippen LogP contribution is 2.22. The molecule has 0 saturated carbocycles. The van der Waals surface area contributed by atoms with E-state index in [1.165, 1.54) is 26.2 Å². The maximum absolute atomic E-state index is 12.0. The summed E-state index contributed by atoms with van der Waals surface area (Å²) in [5.74, 6) is 0. The molecule has 0 unspecified atom stereocenters. The van der Waals surface area contributed by atoms with Crippen LogP contribution in [0.5, 0.6) is 0 Å². The molecule has 0 radical (unpaired) electrons. The highest BCUT2D eigenvalue weighted by Gasteiger charge is 2.28. The van der Waals surface area contributed by atoms with Gasteiger partial charge in [-0.05, 0) is 92.1 Å². The average Bonchev–Trinajstić information content (AvgIpc) is 3.15. The van der Waals surface area contributed by atoms with Gasteiger partial charge in [-0.2, -0.15) is 0 Å². The van der Waals surface area contributed by atoms with Crippen molar-refractivity contribution in [2.24, 2.45) is 0 Å². The predicted molar refractivity (Wildman–Crippen MR) is 128 cm³/mol. The van der Waals surface area contributed by atoms with E-state index in [0.29, 0.717) is 24.5 Å². The first kappa shape index (κ1) is 25.5. The number of likely N-dealkylation sites (N-methyl/N-ethyl adjacent to an activating group) is 1. The summed E-state index contributed by atoms with van der Waals surface area (Å²) in [6.07, 6.45) is 0. The summed E-state index contributed by atoms with van der Waals surface area (Å²) in [6.45, 7) is 3.95. The van der Waals surface area contributed by atoms with Crippen molar-refractivity contribution in [2.45, 2.75) is 16.7 Å². The number of amides is 2. The molecular formula is C19H25IN4O5S2. The van der Waals surface area contributed by atoms with E-state index in [1.54, 1.807) is 46.2 Å². The Hall–Kier alpha value is -1.74. The number of nitrogens with zero attached hydrogens (tertiary/aromatic N) is 2. The van der Waals surface area contributed by atoms with E-state index >= 15 is 0 Å².